The van der Waals surface area contributed by atoms with Crippen molar-refractivity contribution in [3.8, 4) is 11.5 Å². The Balaban J connectivity index is 1.17. The number of carbonyl (C=O) groups excluding carboxylic acids is 2. The van der Waals surface area contributed by atoms with Gasteiger partial charge in [0.05, 0.1) is 28.2 Å². The zero-order valence-corrected chi connectivity index (χ0v) is 25.4. The number of carbonyl (C=O) groups is 2. The van der Waals surface area contributed by atoms with Gasteiger partial charge in [-0.25, -0.2) is 9.37 Å². The van der Waals surface area contributed by atoms with E-state index in [1.165, 1.54) is 24.3 Å². The minimum absolute atomic E-state index is 0.0191. The maximum Gasteiger partial charge on any atom is 0.305 e. The van der Waals surface area contributed by atoms with Gasteiger partial charge >= 0.3 is 5.97 Å². The van der Waals surface area contributed by atoms with Crippen LogP contribution in [0.25, 0.3) is 22.6 Å². The smallest absolute Gasteiger partial charge is 0.305 e. The number of methoxy groups -OCH3 is 1. The van der Waals surface area contributed by atoms with Gasteiger partial charge in [-0.05, 0) is 85.5 Å². The summed E-state index contributed by atoms with van der Waals surface area (Å²) in [6, 6.07) is 17.2. The maximum atomic E-state index is 15.5. The molecule has 4 aromatic rings. The Bertz CT molecular complexity index is 1690. The van der Waals surface area contributed by atoms with E-state index in [0.717, 1.165) is 43.1 Å². The first kappa shape index (κ1) is 26.9. The molecule has 7 rings (SSSR count). The third kappa shape index (κ3) is 4.79. The number of esters is 1. The van der Waals surface area contributed by atoms with Gasteiger partial charge < -0.3 is 19.0 Å². The van der Waals surface area contributed by atoms with Crippen molar-refractivity contribution in [3.63, 3.8) is 0 Å². The molecular weight excluding hydrogens is 549 g/mol. The van der Waals surface area contributed by atoms with Crippen molar-refractivity contribution in [2.45, 2.75) is 50.1 Å². The van der Waals surface area contributed by atoms with E-state index in [9.17, 15) is 9.59 Å². The van der Waals surface area contributed by atoms with Gasteiger partial charge in [0, 0.05) is 36.0 Å². The molecule has 7 nitrogen and oxygen atoms in total. The number of rotatable bonds is 5. The van der Waals surface area contributed by atoms with Gasteiger partial charge in [-0.15, -0.1) is 0 Å². The van der Waals surface area contributed by atoms with Gasteiger partial charge in [0.25, 0.3) is 5.91 Å². The molecule has 2 fully saturated rings. The first-order valence-corrected chi connectivity index (χ1v) is 16.7. The highest BCUT2D eigenvalue weighted by molar-refractivity contribution is 6.45. The second kappa shape index (κ2) is 10.7. The quantitative estimate of drug-likeness (QED) is 0.226. The highest BCUT2D eigenvalue weighted by Gasteiger charge is 2.33. The second-order valence-electron chi connectivity index (χ2n) is 11.8. The fourth-order valence-electron chi connectivity index (χ4n) is 6.63. The number of oxazole rings is 1. The Morgan fingerprint density at radius 1 is 1.05 bits per heavy atom. The number of aromatic nitrogens is 1. The molecule has 0 radical (unpaired) electrons. The van der Waals surface area contributed by atoms with Crippen LogP contribution in [-0.2, 0) is 16.0 Å². The number of nitrogens with zero attached hydrogens (tertiary/aromatic N) is 3. The van der Waals surface area contributed by atoms with E-state index in [0.29, 0.717) is 41.2 Å². The van der Waals surface area contributed by atoms with Crippen molar-refractivity contribution < 1.29 is 23.1 Å². The number of amides is 1. The van der Waals surface area contributed by atoms with E-state index >= 15 is 4.39 Å². The van der Waals surface area contributed by atoms with E-state index in [4.69, 9.17) is 14.1 Å². The van der Waals surface area contributed by atoms with Crippen molar-refractivity contribution in [3.05, 3.63) is 82.7 Å². The molecular formula is C33H34FN3O4Si. The van der Waals surface area contributed by atoms with Crippen LogP contribution in [0.5, 0.6) is 0 Å². The molecule has 0 N–H and O–H groups in total. The van der Waals surface area contributed by atoms with Crippen molar-refractivity contribution in [1.29, 1.82) is 0 Å². The molecule has 2 atom stereocenters. The predicted molar refractivity (Wildman–Crippen MR) is 162 cm³/mol. The second-order valence-corrected chi connectivity index (χ2v) is 13.8. The molecule has 9 heteroatoms. The number of hydrogen-bond donors (Lipinski definition) is 0. The van der Waals surface area contributed by atoms with Gasteiger partial charge in [0.2, 0.25) is 5.89 Å². The first-order chi connectivity index (χ1) is 20.4. The van der Waals surface area contributed by atoms with Gasteiger partial charge in [-0.3, -0.25) is 9.59 Å². The Labute approximate surface area is 246 Å². The largest absolute Gasteiger partial charge is 0.469 e. The number of hydrogen-bond acceptors (Lipinski definition) is 6. The van der Waals surface area contributed by atoms with Crippen LogP contribution >= 0.6 is 0 Å². The third-order valence-corrected chi connectivity index (χ3v) is 11.5. The molecule has 3 heterocycles. The van der Waals surface area contributed by atoms with Crippen LogP contribution in [0.2, 0.25) is 5.54 Å². The van der Waals surface area contributed by atoms with E-state index in [1.807, 2.05) is 29.2 Å². The molecule has 1 aromatic heterocycles. The standard InChI is InChI=1S/C33H34FN3O4Si/c1-19-24-6-4-3-5-20(24)11-14-37(19)32(38)22-15-26(21-7-8-21)30-28(16-22)41-31(35-30)25-10-9-23(17-27(25)34)36-13-12-29(42-18-36)33(39)40-2/h3-6,9-10,15-17,19,21,29H,7-8,11-14,18,42H2,1-2H3/t19-,29-/m1/s1. The summed E-state index contributed by atoms with van der Waals surface area (Å²) in [4.78, 5) is 34.6. The van der Waals surface area contributed by atoms with Gasteiger partial charge in [-0.1, -0.05) is 24.3 Å². The molecule has 3 aromatic carbocycles. The van der Waals surface area contributed by atoms with Gasteiger partial charge in [0.15, 0.2) is 5.58 Å². The molecule has 1 saturated heterocycles. The summed E-state index contributed by atoms with van der Waals surface area (Å²) in [6.45, 7) is 3.44. The van der Waals surface area contributed by atoms with Crippen LogP contribution in [0, 0.1) is 5.82 Å². The molecule has 3 aliphatic rings. The van der Waals surface area contributed by atoms with Crippen LogP contribution in [0.15, 0.2) is 59.0 Å². The molecule has 42 heavy (non-hydrogen) atoms. The summed E-state index contributed by atoms with van der Waals surface area (Å²) in [6.07, 6.45) is 4.45. The molecule has 0 bridgehead atoms. The number of halogens is 1. The zero-order valence-electron chi connectivity index (χ0n) is 23.9. The fourth-order valence-corrected chi connectivity index (χ4v) is 8.61. The molecule has 0 unspecified atom stereocenters. The van der Waals surface area contributed by atoms with Crippen LogP contribution in [0.1, 0.15) is 65.2 Å². The van der Waals surface area contributed by atoms with Crippen molar-refractivity contribution in [2.24, 2.45) is 0 Å². The zero-order chi connectivity index (χ0) is 29.0. The van der Waals surface area contributed by atoms with Crippen LogP contribution in [0.4, 0.5) is 10.1 Å². The fraction of sp³-hybridized carbons (Fsp3) is 0.364. The lowest BCUT2D eigenvalue weighted by Gasteiger charge is -2.35. The Kier molecular flexibility index (Phi) is 6.84. The maximum absolute atomic E-state index is 15.5. The number of anilines is 1. The Morgan fingerprint density at radius 2 is 1.88 bits per heavy atom. The van der Waals surface area contributed by atoms with Gasteiger partial charge in [-0.2, -0.15) is 0 Å². The van der Waals surface area contributed by atoms with E-state index < -0.39 is 15.3 Å². The summed E-state index contributed by atoms with van der Waals surface area (Å²) >= 11 is 0. The van der Waals surface area contributed by atoms with Crippen LogP contribution in [0.3, 0.4) is 0 Å². The summed E-state index contributed by atoms with van der Waals surface area (Å²) < 4.78 is 26.6. The lowest BCUT2D eigenvalue weighted by Crippen LogP contribution is -2.39. The first-order valence-electron chi connectivity index (χ1n) is 14.9. The summed E-state index contributed by atoms with van der Waals surface area (Å²) in [7, 11) is 0.742. The average molecular weight is 584 g/mol. The van der Waals surface area contributed by atoms with Crippen molar-refractivity contribution >= 4 is 38.2 Å². The molecule has 216 valence electrons. The van der Waals surface area contributed by atoms with E-state index in [-0.39, 0.29) is 29.4 Å². The minimum Gasteiger partial charge on any atom is -0.469 e. The highest BCUT2D eigenvalue weighted by atomic mass is 28.2. The highest BCUT2D eigenvalue weighted by Crippen LogP contribution is 2.45. The van der Waals surface area contributed by atoms with Crippen molar-refractivity contribution in [2.75, 3.05) is 31.3 Å². The van der Waals surface area contributed by atoms with Crippen molar-refractivity contribution in [1.82, 2.24) is 9.88 Å². The van der Waals surface area contributed by atoms with Gasteiger partial charge in [0.1, 0.15) is 11.3 Å². The molecule has 0 spiro atoms. The summed E-state index contributed by atoms with van der Waals surface area (Å²) in [5, 5.41) is 0. The lowest BCUT2D eigenvalue weighted by atomic mass is 9.93. The normalized spacial score (nSPS) is 21.0. The summed E-state index contributed by atoms with van der Waals surface area (Å²) in [5.41, 5.74) is 6.43. The Morgan fingerprint density at radius 3 is 2.62 bits per heavy atom. The predicted octanol–water partition coefficient (Wildman–Crippen LogP) is 5.57. The summed E-state index contributed by atoms with van der Waals surface area (Å²) in [5.74, 6) is 0.0151. The average Bonchev–Trinajstić information content (AvgIpc) is 3.78. The number of fused-ring (bicyclic) bond motifs is 2. The number of ether oxygens (including phenoxy) is 1. The van der Waals surface area contributed by atoms with Crippen LogP contribution < -0.4 is 4.90 Å². The molecule has 2 aliphatic heterocycles. The molecule has 1 aliphatic carbocycles. The SMILES string of the molecule is COC(=O)[C@H]1CCN(c2ccc(-c3nc4c(C5CC5)cc(C(=O)N5CCc6ccccc6[C@H]5C)cc4o3)c(F)c2)C[SiH2]1. The topological polar surface area (TPSA) is 75.9 Å². The van der Waals surface area contributed by atoms with E-state index in [1.54, 1.807) is 12.1 Å². The van der Waals surface area contributed by atoms with E-state index in [2.05, 4.69) is 24.0 Å². The minimum atomic E-state index is -0.692. The molecule has 1 amide bonds. The third-order valence-electron chi connectivity index (χ3n) is 9.22. The number of benzene rings is 3. The Hall–Kier alpha value is -3.98. The lowest BCUT2D eigenvalue weighted by molar-refractivity contribution is -0.140. The molecule has 1 saturated carbocycles. The van der Waals surface area contributed by atoms with Crippen LogP contribution in [-0.4, -0.2) is 57.6 Å². The monoisotopic (exact) mass is 583 g/mol.